The lowest BCUT2D eigenvalue weighted by molar-refractivity contribution is -0.125. The van der Waals surface area contributed by atoms with Crippen LogP contribution in [0.15, 0.2) is 23.7 Å². The van der Waals surface area contributed by atoms with Gasteiger partial charge in [-0.2, -0.15) is 0 Å². The van der Waals surface area contributed by atoms with Gasteiger partial charge in [-0.25, -0.2) is 4.98 Å². The molecule has 0 spiro atoms. The molecule has 5 nitrogen and oxygen atoms in total. The molecular weight excluding hydrogens is 274 g/mol. The van der Waals surface area contributed by atoms with Crippen molar-refractivity contribution >= 4 is 39.1 Å². The molecule has 1 atom stereocenters. The number of thiazole rings is 1. The zero-order valence-corrected chi connectivity index (χ0v) is 11.9. The van der Waals surface area contributed by atoms with Crippen molar-refractivity contribution in [2.75, 3.05) is 11.4 Å². The van der Waals surface area contributed by atoms with Crippen LogP contribution in [0.3, 0.4) is 0 Å². The average Bonchev–Trinajstić information content (AvgIpc) is 2.86. The van der Waals surface area contributed by atoms with Crippen LogP contribution in [0.4, 0.5) is 5.69 Å². The van der Waals surface area contributed by atoms with Gasteiger partial charge in [0, 0.05) is 18.7 Å². The summed E-state index contributed by atoms with van der Waals surface area (Å²) in [6.07, 6.45) is 0.937. The van der Waals surface area contributed by atoms with E-state index in [2.05, 4.69) is 10.3 Å². The molecule has 1 saturated heterocycles. The zero-order chi connectivity index (χ0) is 14.1. The Bertz CT molecular complexity index is 667. The monoisotopic (exact) mass is 289 g/mol. The maximum absolute atomic E-state index is 12.5. The summed E-state index contributed by atoms with van der Waals surface area (Å²) >= 11 is 1.55. The summed E-state index contributed by atoms with van der Waals surface area (Å²) in [5, 5.41) is 2.77. The lowest BCUT2D eigenvalue weighted by Crippen LogP contribution is -2.44. The summed E-state index contributed by atoms with van der Waals surface area (Å²) in [6.45, 7) is 2.32. The lowest BCUT2D eigenvalue weighted by atomic mass is 10.2. The van der Waals surface area contributed by atoms with Gasteiger partial charge in [-0.1, -0.05) is 6.92 Å². The van der Waals surface area contributed by atoms with E-state index in [1.54, 1.807) is 21.7 Å². The molecule has 1 aliphatic heterocycles. The van der Waals surface area contributed by atoms with E-state index < -0.39 is 6.04 Å². The molecule has 1 aromatic heterocycles. The SMILES string of the molecule is CCC1NC(=O)CCN(c2ccc3ncsc3c2)C1=O. The van der Waals surface area contributed by atoms with E-state index in [-0.39, 0.29) is 11.8 Å². The summed E-state index contributed by atoms with van der Waals surface area (Å²) < 4.78 is 1.05. The van der Waals surface area contributed by atoms with Gasteiger partial charge in [0.1, 0.15) is 6.04 Å². The van der Waals surface area contributed by atoms with E-state index in [9.17, 15) is 9.59 Å². The van der Waals surface area contributed by atoms with Crippen LogP contribution in [0.25, 0.3) is 10.2 Å². The number of hydrogen-bond acceptors (Lipinski definition) is 4. The van der Waals surface area contributed by atoms with Crippen molar-refractivity contribution in [1.82, 2.24) is 10.3 Å². The van der Waals surface area contributed by atoms with Crippen molar-refractivity contribution in [1.29, 1.82) is 0 Å². The normalized spacial score (nSPS) is 20.1. The van der Waals surface area contributed by atoms with Crippen molar-refractivity contribution in [2.45, 2.75) is 25.8 Å². The molecule has 3 rings (SSSR count). The fraction of sp³-hybridized carbons (Fsp3) is 0.357. The molecule has 6 heteroatoms. The van der Waals surface area contributed by atoms with Gasteiger partial charge in [0.25, 0.3) is 0 Å². The topological polar surface area (TPSA) is 62.3 Å². The number of benzene rings is 1. The predicted molar refractivity (Wildman–Crippen MR) is 78.8 cm³/mol. The first-order chi connectivity index (χ1) is 9.69. The number of aromatic nitrogens is 1. The molecular formula is C14H15N3O2S. The zero-order valence-electron chi connectivity index (χ0n) is 11.1. The number of carbonyl (C=O) groups excluding carboxylic acids is 2. The number of rotatable bonds is 2. The molecule has 2 heterocycles. The third-order valence-corrected chi connectivity index (χ3v) is 4.29. The molecule has 20 heavy (non-hydrogen) atoms. The van der Waals surface area contributed by atoms with Gasteiger partial charge in [0.15, 0.2) is 0 Å². The van der Waals surface area contributed by atoms with E-state index in [1.165, 1.54) is 0 Å². The second-order valence-corrected chi connectivity index (χ2v) is 5.66. The highest BCUT2D eigenvalue weighted by atomic mass is 32.1. The van der Waals surface area contributed by atoms with Gasteiger partial charge in [0.05, 0.1) is 15.7 Å². The minimum absolute atomic E-state index is 0.0396. The summed E-state index contributed by atoms with van der Waals surface area (Å²) in [5.74, 6) is -0.103. The molecule has 1 aliphatic rings. The third kappa shape index (κ3) is 2.27. The van der Waals surface area contributed by atoms with Gasteiger partial charge in [-0.3, -0.25) is 9.59 Å². The van der Waals surface area contributed by atoms with E-state index in [4.69, 9.17) is 0 Å². The van der Waals surface area contributed by atoms with Crippen LogP contribution in [0.2, 0.25) is 0 Å². The highest BCUT2D eigenvalue weighted by molar-refractivity contribution is 7.16. The Morgan fingerprint density at radius 1 is 1.45 bits per heavy atom. The average molecular weight is 289 g/mol. The third-order valence-electron chi connectivity index (χ3n) is 3.50. The van der Waals surface area contributed by atoms with Crippen molar-refractivity contribution < 1.29 is 9.59 Å². The van der Waals surface area contributed by atoms with Gasteiger partial charge in [-0.05, 0) is 24.6 Å². The molecule has 0 aliphatic carbocycles. The number of fused-ring (bicyclic) bond motifs is 1. The first-order valence-corrected chi connectivity index (χ1v) is 7.51. The van der Waals surface area contributed by atoms with Crippen LogP contribution >= 0.6 is 11.3 Å². The molecule has 1 aromatic carbocycles. The number of amides is 2. The van der Waals surface area contributed by atoms with Gasteiger partial charge in [-0.15, -0.1) is 11.3 Å². The molecule has 1 fully saturated rings. The minimum atomic E-state index is -0.429. The molecule has 0 saturated carbocycles. The molecule has 0 bridgehead atoms. The van der Waals surface area contributed by atoms with E-state index in [1.807, 2.05) is 25.1 Å². The second kappa shape index (κ2) is 5.20. The van der Waals surface area contributed by atoms with Crippen molar-refractivity contribution in [3.05, 3.63) is 23.7 Å². The highest BCUT2D eigenvalue weighted by Gasteiger charge is 2.29. The molecule has 1 unspecified atom stereocenters. The van der Waals surface area contributed by atoms with Gasteiger partial charge >= 0.3 is 0 Å². The fourth-order valence-electron chi connectivity index (χ4n) is 2.38. The van der Waals surface area contributed by atoms with E-state index in [0.29, 0.717) is 19.4 Å². The Balaban J connectivity index is 1.97. The van der Waals surface area contributed by atoms with E-state index >= 15 is 0 Å². The van der Waals surface area contributed by atoms with Crippen LogP contribution in [-0.4, -0.2) is 29.4 Å². The van der Waals surface area contributed by atoms with Crippen LogP contribution < -0.4 is 10.2 Å². The molecule has 2 aromatic rings. The van der Waals surface area contributed by atoms with E-state index in [0.717, 1.165) is 15.9 Å². The van der Waals surface area contributed by atoms with Crippen molar-refractivity contribution in [2.24, 2.45) is 0 Å². The Kier molecular flexibility index (Phi) is 3.40. The number of anilines is 1. The second-order valence-electron chi connectivity index (χ2n) is 4.77. The number of carbonyl (C=O) groups is 2. The molecule has 2 amide bonds. The maximum Gasteiger partial charge on any atom is 0.249 e. The summed E-state index contributed by atoms with van der Waals surface area (Å²) in [4.78, 5) is 30.1. The van der Waals surface area contributed by atoms with Crippen molar-refractivity contribution in [3.63, 3.8) is 0 Å². The summed E-state index contributed by atoms with van der Waals surface area (Å²) in [5.41, 5.74) is 3.56. The van der Waals surface area contributed by atoms with Crippen LogP contribution in [0.5, 0.6) is 0 Å². The van der Waals surface area contributed by atoms with Crippen LogP contribution in [0, 0.1) is 0 Å². The quantitative estimate of drug-likeness (QED) is 0.919. The van der Waals surface area contributed by atoms with Crippen LogP contribution in [-0.2, 0) is 9.59 Å². The number of hydrogen-bond donors (Lipinski definition) is 1. The predicted octanol–water partition coefficient (Wildman–Crippen LogP) is 1.93. The van der Waals surface area contributed by atoms with Gasteiger partial charge < -0.3 is 10.2 Å². The number of nitrogens with one attached hydrogen (secondary N) is 1. The minimum Gasteiger partial charge on any atom is -0.344 e. The fourth-order valence-corrected chi connectivity index (χ4v) is 3.09. The Hall–Kier alpha value is -1.95. The van der Waals surface area contributed by atoms with Crippen molar-refractivity contribution in [3.8, 4) is 0 Å². The lowest BCUT2D eigenvalue weighted by Gasteiger charge is -2.23. The van der Waals surface area contributed by atoms with Crippen LogP contribution in [0.1, 0.15) is 19.8 Å². The molecule has 0 radical (unpaired) electrons. The first kappa shape index (κ1) is 13.1. The molecule has 1 N–H and O–H groups in total. The largest absolute Gasteiger partial charge is 0.344 e. The summed E-state index contributed by atoms with van der Waals surface area (Å²) in [7, 11) is 0. The number of nitrogens with zero attached hydrogens (tertiary/aromatic N) is 2. The Labute approximate surface area is 120 Å². The Morgan fingerprint density at radius 3 is 3.10 bits per heavy atom. The maximum atomic E-state index is 12.5. The highest BCUT2D eigenvalue weighted by Crippen LogP contribution is 2.26. The smallest absolute Gasteiger partial charge is 0.249 e. The van der Waals surface area contributed by atoms with Gasteiger partial charge in [0.2, 0.25) is 11.8 Å². The Morgan fingerprint density at radius 2 is 2.30 bits per heavy atom. The first-order valence-electron chi connectivity index (χ1n) is 6.63. The molecule has 104 valence electrons. The standard InChI is InChI=1S/C14H15N3O2S/c1-2-10-14(19)17(6-5-13(18)16-10)9-3-4-11-12(7-9)20-8-15-11/h3-4,7-8,10H,2,5-6H2,1H3,(H,16,18). The summed E-state index contributed by atoms with van der Waals surface area (Å²) in [6, 6.07) is 5.34.